The van der Waals surface area contributed by atoms with Crippen molar-refractivity contribution in [1.29, 1.82) is 0 Å². The lowest BCUT2D eigenvalue weighted by atomic mass is 10.2. The summed E-state index contributed by atoms with van der Waals surface area (Å²) < 4.78 is 26.7. The van der Waals surface area contributed by atoms with Gasteiger partial charge < -0.3 is 10.2 Å². The van der Waals surface area contributed by atoms with Gasteiger partial charge in [-0.3, -0.25) is 14.0 Å². The number of aromatic hydroxyl groups is 1. The summed E-state index contributed by atoms with van der Waals surface area (Å²) in [7, 11) is -3.32. The van der Waals surface area contributed by atoms with Gasteiger partial charge in [0.2, 0.25) is 0 Å². The van der Waals surface area contributed by atoms with Crippen LogP contribution < -0.4 is 5.56 Å². The number of rotatable bonds is 6. The van der Waals surface area contributed by atoms with Crippen molar-refractivity contribution in [1.82, 2.24) is 14.3 Å². The molecule has 3 aromatic heterocycles. The number of benzene rings is 1. The zero-order valence-corrected chi connectivity index (χ0v) is 17.9. The van der Waals surface area contributed by atoms with Crippen molar-refractivity contribution in [2.24, 2.45) is 0 Å². The van der Waals surface area contributed by atoms with Gasteiger partial charge in [-0.05, 0) is 29.1 Å². The number of hydrogen-bond donors (Lipinski definition) is 2. The number of hydrogen-bond acceptors (Lipinski definition) is 7. The molecule has 2 N–H and O–H groups in total. The Balaban J connectivity index is 1.65. The Morgan fingerprint density at radius 2 is 1.97 bits per heavy atom. The number of aromatic carboxylic acids is 1. The molecule has 1 aromatic carbocycles. The van der Waals surface area contributed by atoms with Crippen molar-refractivity contribution in [3.63, 3.8) is 0 Å². The van der Waals surface area contributed by atoms with Gasteiger partial charge in [0.1, 0.15) is 5.56 Å². The lowest BCUT2D eigenvalue weighted by Crippen LogP contribution is -2.22. The fourth-order valence-electron chi connectivity index (χ4n) is 3.33. The number of sulfone groups is 1. The maximum Gasteiger partial charge on any atom is 0.341 e. The molecule has 160 valence electrons. The largest absolute Gasteiger partial charge is 0.502 e. The fourth-order valence-corrected chi connectivity index (χ4v) is 4.95. The van der Waals surface area contributed by atoms with Crippen LogP contribution in [0.2, 0.25) is 0 Å². The molecule has 31 heavy (non-hydrogen) atoms. The van der Waals surface area contributed by atoms with E-state index in [0.717, 1.165) is 23.2 Å². The summed E-state index contributed by atoms with van der Waals surface area (Å²) in [5, 5.41) is 25.4. The molecular formula is C20H17N3O6S2. The highest BCUT2D eigenvalue weighted by molar-refractivity contribution is 7.90. The van der Waals surface area contributed by atoms with Gasteiger partial charge in [0, 0.05) is 18.0 Å². The lowest BCUT2D eigenvalue weighted by molar-refractivity contribution is 0.0695. The number of aromatic nitrogens is 3. The van der Waals surface area contributed by atoms with Crippen LogP contribution in [0.1, 0.15) is 21.5 Å². The van der Waals surface area contributed by atoms with E-state index in [1.54, 1.807) is 46.7 Å². The van der Waals surface area contributed by atoms with E-state index in [0.29, 0.717) is 22.3 Å². The highest BCUT2D eigenvalue weighted by Crippen LogP contribution is 2.29. The van der Waals surface area contributed by atoms with Crippen LogP contribution in [0.15, 0.2) is 57.8 Å². The maximum absolute atomic E-state index is 12.6. The van der Waals surface area contributed by atoms with Crippen molar-refractivity contribution in [2.45, 2.75) is 18.0 Å². The van der Waals surface area contributed by atoms with Crippen LogP contribution in [0.3, 0.4) is 0 Å². The first-order chi connectivity index (χ1) is 14.6. The summed E-state index contributed by atoms with van der Waals surface area (Å²) in [6.45, 7) is 0.415. The van der Waals surface area contributed by atoms with Gasteiger partial charge in [-0.1, -0.05) is 12.1 Å². The van der Waals surface area contributed by atoms with Crippen LogP contribution in [-0.4, -0.2) is 45.2 Å². The summed E-state index contributed by atoms with van der Waals surface area (Å²) in [6, 6.07) is 8.19. The minimum Gasteiger partial charge on any atom is -0.502 e. The van der Waals surface area contributed by atoms with E-state index in [1.807, 2.05) is 0 Å². The number of thiophene rings is 1. The van der Waals surface area contributed by atoms with Gasteiger partial charge in [-0.2, -0.15) is 5.10 Å². The standard InChI is InChI=1S/C20H17N3O6S2/c1-31(28,29)14-4-2-3-12(7-14)9-22-10-13(8-21-22)11-23-15-5-6-30-18(15)16(20(26)27)17(24)19(23)25/h2-8,10,24H,9,11H2,1H3,(H,26,27). The molecule has 9 nitrogen and oxygen atoms in total. The third-order valence-electron chi connectivity index (χ3n) is 4.76. The van der Waals surface area contributed by atoms with E-state index in [-0.39, 0.29) is 11.4 Å². The third-order valence-corrected chi connectivity index (χ3v) is 6.79. The van der Waals surface area contributed by atoms with E-state index in [1.165, 1.54) is 10.6 Å². The van der Waals surface area contributed by atoms with Crippen LogP contribution in [-0.2, 0) is 22.9 Å². The average molecular weight is 460 g/mol. The van der Waals surface area contributed by atoms with Gasteiger partial charge in [0.05, 0.1) is 34.4 Å². The molecule has 0 saturated carbocycles. The van der Waals surface area contributed by atoms with Crippen molar-refractivity contribution in [3.8, 4) is 5.75 Å². The SMILES string of the molecule is CS(=O)(=O)c1cccc(Cn2cc(Cn3c(=O)c(O)c(C(=O)O)c4sccc43)cn2)c1. The van der Waals surface area contributed by atoms with Crippen molar-refractivity contribution >= 4 is 37.4 Å². The average Bonchev–Trinajstić information content (AvgIpc) is 3.34. The molecule has 0 spiro atoms. The molecule has 0 aliphatic carbocycles. The number of nitrogens with zero attached hydrogens (tertiary/aromatic N) is 3. The molecule has 0 atom stereocenters. The highest BCUT2D eigenvalue weighted by Gasteiger charge is 2.22. The molecule has 0 radical (unpaired) electrons. The molecule has 4 rings (SSSR count). The number of carboxylic acid groups (broad SMARTS) is 1. The molecule has 0 unspecified atom stereocenters. The summed E-state index contributed by atoms with van der Waals surface area (Å²) in [5.41, 5.74) is 0.637. The predicted molar refractivity (Wildman–Crippen MR) is 115 cm³/mol. The predicted octanol–water partition coefficient (Wildman–Crippen LogP) is 2.16. The Labute approximate surface area is 180 Å². The molecule has 0 saturated heterocycles. The minimum atomic E-state index is -3.32. The van der Waals surface area contributed by atoms with E-state index >= 15 is 0 Å². The molecule has 0 fully saturated rings. The first-order valence-electron chi connectivity index (χ1n) is 9.01. The summed E-state index contributed by atoms with van der Waals surface area (Å²) in [4.78, 5) is 24.3. The molecule has 4 aromatic rings. The number of pyridine rings is 1. The Morgan fingerprint density at radius 3 is 2.68 bits per heavy atom. The normalized spacial score (nSPS) is 11.8. The second kappa shape index (κ2) is 7.67. The maximum atomic E-state index is 12.6. The Hall–Kier alpha value is -3.44. The second-order valence-electron chi connectivity index (χ2n) is 7.02. The monoisotopic (exact) mass is 459 g/mol. The Bertz CT molecular complexity index is 1480. The van der Waals surface area contributed by atoms with Crippen LogP contribution in [0.25, 0.3) is 10.2 Å². The zero-order valence-electron chi connectivity index (χ0n) is 16.2. The molecule has 3 heterocycles. The van der Waals surface area contributed by atoms with Gasteiger partial charge >= 0.3 is 5.97 Å². The Morgan fingerprint density at radius 1 is 1.19 bits per heavy atom. The summed E-state index contributed by atoms with van der Waals surface area (Å²) in [5.74, 6) is -2.16. The van der Waals surface area contributed by atoms with Crippen molar-refractivity contribution < 1.29 is 23.4 Å². The molecule has 0 aliphatic heterocycles. The fraction of sp³-hybridized carbons (Fsp3) is 0.150. The molecule has 0 bridgehead atoms. The lowest BCUT2D eigenvalue weighted by Gasteiger charge is -2.10. The quantitative estimate of drug-likeness (QED) is 0.452. The van der Waals surface area contributed by atoms with Crippen molar-refractivity contribution in [2.75, 3.05) is 6.26 Å². The first-order valence-corrected chi connectivity index (χ1v) is 11.8. The molecule has 0 amide bonds. The summed E-state index contributed by atoms with van der Waals surface area (Å²) >= 11 is 1.13. The van der Waals surface area contributed by atoms with E-state index in [2.05, 4.69) is 5.10 Å². The van der Waals surface area contributed by atoms with E-state index in [4.69, 9.17) is 0 Å². The van der Waals surface area contributed by atoms with Gasteiger partial charge in [-0.25, -0.2) is 13.2 Å². The zero-order chi connectivity index (χ0) is 22.3. The Kier molecular flexibility index (Phi) is 5.15. The van der Waals surface area contributed by atoms with E-state index in [9.17, 15) is 28.2 Å². The van der Waals surface area contributed by atoms with Crippen molar-refractivity contribution in [3.05, 3.63) is 75.1 Å². The molecular weight excluding hydrogens is 442 g/mol. The minimum absolute atomic E-state index is 0.0862. The van der Waals surface area contributed by atoms with Crippen LogP contribution in [0, 0.1) is 0 Å². The van der Waals surface area contributed by atoms with Crippen LogP contribution in [0.5, 0.6) is 5.75 Å². The second-order valence-corrected chi connectivity index (χ2v) is 9.95. The van der Waals surface area contributed by atoms with Gasteiger partial charge in [0.25, 0.3) is 5.56 Å². The molecule has 0 aliphatic rings. The number of carboxylic acids is 1. The van der Waals surface area contributed by atoms with Crippen LogP contribution in [0.4, 0.5) is 0 Å². The van der Waals surface area contributed by atoms with Crippen LogP contribution >= 0.6 is 11.3 Å². The smallest absolute Gasteiger partial charge is 0.341 e. The number of carbonyl (C=O) groups is 1. The molecule has 11 heteroatoms. The van der Waals surface area contributed by atoms with Gasteiger partial charge in [-0.15, -0.1) is 11.3 Å². The third kappa shape index (κ3) is 3.97. The number of fused-ring (bicyclic) bond motifs is 1. The van der Waals surface area contributed by atoms with E-state index < -0.39 is 32.7 Å². The summed E-state index contributed by atoms with van der Waals surface area (Å²) in [6.07, 6.45) is 4.42. The first kappa shape index (κ1) is 20.8. The topological polar surface area (TPSA) is 131 Å². The van der Waals surface area contributed by atoms with Gasteiger partial charge in [0.15, 0.2) is 15.6 Å². The highest BCUT2D eigenvalue weighted by atomic mass is 32.2.